The zero-order chi connectivity index (χ0) is 22.5. The lowest BCUT2D eigenvalue weighted by Gasteiger charge is -2.20. The highest BCUT2D eigenvalue weighted by molar-refractivity contribution is 7.89. The Bertz CT molecular complexity index is 1050. The molecule has 2 rings (SSSR count). The molecule has 0 unspecified atom stereocenters. The van der Waals surface area contributed by atoms with Gasteiger partial charge in [-0.15, -0.1) is 0 Å². The smallest absolute Gasteiger partial charge is 0.338 e. The molecule has 0 spiro atoms. The van der Waals surface area contributed by atoms with E-state index in [4.69, 9.17) is 16.3 Å². The molecule has 0 aliphatic heterocycles. The first-order valence-electron chi connectivity index (χ1n) is 9.44. The Balaban J connectivity index is 2.11. The SMILES string of the molecule is CCN(CC)S(=O)(=O)c1cc(C(=O)OCC(=O)Nc2ccc(Cl)cc2C)ccc1C. The maximum Gasteiger partial charge on any atom is 0.338 e. The first-order valence-corrected chi connectivity index (χ1v) is 11.3. The largest absolute Gasteiger partial charge is 0.452 e. The molecule has 0 bridgehead atoms. The Morgan fingerprint density at radius 3 is 2.30 bits per heavy atom. The second-order valence-electron chi connectivity index (χ2n) is 6.65. The minimum absolute atomic E-state index is 0.0434. The van der Waals surface area contributed by atoms with Crippen LogP contribution in [0.25, 0.3) is 0 Å². The highest BCUT2D eigenvalue weighted by Gasteiger charge is 2.25. The van der Waals surface area contributed by atoms with E-state index in [0.717, 1.165) is 5.56 Å². The van der Waals surface area contributed by atoms with Crippen LogP contribution in [0.5, 0.6) is 0 Å². The first kappa shape index (κ1) is 23.9. The van der Waals surface area contributed by atoms with Gasteiger partial charge in [-0.25, -0.2) is 13.2 Å². The molecule has 0 saturated heterocycles. The molecule has 9 heteroatoms. The van der Waals surface area contributed by atoms with E-state index >= 15 is 0 Å². The van der Waals surface area contributed by atoms with E-state index in [2.05, 4.69) is 5.32 Å². The summed E-state index contributed by atoms with van der Waals surface area (Å²) in [5.41, 5.74) is 1.91. The Labute approximate surface area is 182 Å². The molecule has 0 heterocycles. The number of benzene rings is 2. The van der Waals surface area contributed by atoms with Gasteiger partial charge in [0.1, 0.15) is 0 Å². The van der Waals surface area contributed by atoms with E-state index in [9.17, 15) is 18.0 Å². The van der Waals surface area contributed by atoms with Crippen LogP contribution >= 0.6 is 11.6 Å². The number of esters is 1. The number of nitrogens with one attached hydrogen (secondary N) is 1. The molecule has 2 aromatic carbocycles. The third-order valence-electron chi connectivity index (χ3n) is 4.54. The molecule has 1 amide bonds. The molecule has 1 N–H and O–H groups in total. The Morgan fingerprint density at radius 1 is 1.03 bits per heavy atom. The molecule has 0 saturated carbocycles. The van der Waals surface area contributed by atoms with Gasteiger partial charge in [-0.3, -0.25) is 4.79 Å². The highest BCUT2D eigenvalue weighted by Crippen LogP contribution is 2.22. The zero-order valence-corrected chi connectivity index (χ0v) is 18.9. The Hall–Kier alpha value is -2.42. The summed E-state index contributed by atoms with van der Waals surface area (Å²) in [5, 5.41) is 3.19. The molecule has 0 fully saturated rings. The van der Waals surface area contributed by atoms with E-state index in [0.29, 0.717) is 29.4 Å². The molecule has 0 radical (unpaired) electrons. The number of hydrogen-bond donors (Lipinski definition) is 1. The fraction of sp³-hybridized carbons (Fsp3) is 0.333. The number of halogens is 1. The third kappa shape index (κ3) is 5.59. The molecular weight excluding hydrogens is 428 g/mol. The molecule has 7 nitrogen and oxygen atoms in total. The van der Waals surface area contributed by atoms with Gasteiger partial charge in [0, 0.05) is 23.8 Å². The molecule has 2 aromatic rings. The second-order valence-corrected chi connectivity index (χ2v) is 9.00. The van der Waals surface area contributed by atoms with Crippen LogP contribution in [0.1, 0.15) is 35.3 Å². The standard InChI is InChI=1S/C21H25ClN2O5S/c1-5-24(6-2)30(27,28)19-12-16(8-7-14(19)3)21(26)29-13-20(25)23-18-10-9-17(22)11-15(18)4/h7-12H,5-6,13H2,1-4H3,(H,23,25). The number of hydrogen-bond acceptors (Lipinski definition) is 5. The van der Waals surface area contributed by atoms with Crippen molar-refractivity contribution in [2.45, 2.75) is 32.6 Å². The number of ether oxygens (including phenoxy) is 1. The van der Waals surface area contributed by atoms with Crippen LogP contribution in [0.2, 0.25) is 5.02 Å². The van der Waals surface area contributed by atoms with E-state index in [1.54, 1.807) is 52.0 Å². The lowest BCUT2D eigenvalue weighted by atomic mass is 10.1. The first-order chi connectivity index (χ1) is 14.1. The van der Waals surface area contributed by atoms with Crippen molar-refractivity contribution in [1.29, 1.82) is 0 Å². The molecule has 0 aromatic heterocycles. The van der Waals surface area contributed by atoms with Gasteiger partial charge in [0.15, 0.2) is 6.61 Å². The normalized spacial score (nSPS) is 11.4. The zero-order valence-electron chi connectivity index (χ0n) is 17.4. The van der Waals surface area contributed by atoms with Crippen molar-refractivity contribution >= 4 is 39.2 Å². The average molecular weight is 453 g/mol. The lowest BCUT2D eigenvalue weighted by molar-refractivity contribution is -0.119. The summed E-state index contributed by atoms with van der Waals surface area (Å²) in [5.74, 6) is -1.30. The van der Waals surface area contributed by atoms with E-state index in [1.165, 1.54) is 16.4 Å². The van der Waals surface area contributed by atoms with Crippen molar-refractivity contribution in [1.82, 2.24) is 4.31 Å². The highest BCUT2D eigenvalue weighted by atomic mass is 35.5. The molecule has 0 aliphatic rings. The van der Waals surface area contributed by atoms with Crippen LogP contribution in [0.15, 0.2) is 41.3 Å². The van der Waals surface area contributed by atoms with Gasteiger partial charge in [0.25, 0.3) is 5.91 Å². The van der Waals surface area contributed by atoms with Crippen molar-refractivity contribution in [3.05, 3.63) is 58.1 Å². The summed E-state index contributed by atoms with van der Waals surface area (Å²) in [6.07, 6.45) is 0. The van der Waals surface area contributed by atoms with Gasteiger partial charge >= 0.3 is 5.97 Å². The molecular formula is C21H25ClN2O5S. The summed E-state index contributed by atoms with van der Waals surface area (Å²) in [7, 11) is -3.73. The Morgan fingerprint density at radius 2 is 1.70 bits per heavy atom. The summed E-state index contributed by atoms with van der Waals surface area (Å²) in [4.78, 5) is 24.5. The number of rotatable bonds is 8. The van der Waals surface area contributed by atoms with Crippen molar-refractivity contribution < 1.29 is 22.7 Å². The van der Waals surface area contributed by atoms with Gasteiger partial charge in [0.05, 0.1) is 10.5 Å². The predicted molar refractivity (Wildman–Crippen MR) is 116 cm³/mol. The topological polar surface area (TPSA) is 92.8 Å². The van der Waals surface area contributed by atoms with Crippen LogP contribution in [-0.4, -0.2) is 44.3 Å². The predicted octanol–water partition coefficient (Wildman–Crippen LogP) is 3.78. The number of nitrogens with zero attached hydrogens (tertiary/aromatic N) is 1. The summed E-state index contributed by atoms with van der Waals surface area (Å²) in [6, 6.07) is 9.30. The van der Waals surface area contributed by atoms with E-state index < -0.39 is 28.5 Å². The third-order valence-corrected chi connectivity index (χ3v) is 6.97. The lowest BCUT2D eigenvalue weighted by Crippen LogP contribution is -2.31. The van der Waals surface area contributed by atoms with Crippen molar-refractivity contribution in [2.24, 2.45) is 0 Å². The maximum absolute atomic E-state index is 12.8. The number of anilines is 1. The number of amides is 1. The van der Waals surface area contributed by atoms with Crippen LogP contribution < -0.4 is 5.32 Å². The number of sulfonamides is 1. The monoisotopic (exact) mass is 452 g/mol. The molecule has 162 valence electrons. The molecule has 0 atom stereocenters. The van der Waals surface area contributed by atoms with Crippen LogP contribution in [-0.2, 0) is 19.6 Å². The number of aryl methyl sites for hydroxylation is 2. The fourth-order valence-corrected chi connectivity index (χ4v) is 4.81. The quantitative estimate of drug-likeness (QED) is 0.615. The minimum Gasteiger partial charge on any atom is -0.452 e. The van der Waals surface area contributed by atoms with Crippen LogP contribution in [0.4, 0.5) is 5.69 Å². The maximum atomic E-state index is 12.8. The van der Waals surface area contributed by atoms with Gasteiger partial charge in [0.2, 0.25) is 10.0 Å². The second kappa shape index (κ2) is 10.1. The molecule has 0 aliphatic carbocycles. The van der Waals surface area contributed by atoms with E-state index in [-0.39, 0.29) is 10.5 Å². The van der Waals surface area contributed by atoms with Gasteiger partial charge in [-0.2, -0.15) is 4.31 Å². The number of carbonyl (C=O) groups excluding carboxylic acids is 2. The van der Waals surface area contributed by atoms with Crippen molar-refractivity contribution in [2.75, 3.05) is 25.0 Å². The van der Waals surface area contributed by atoms with Crippen molar-refractivity contribution in [3.63, 3.8) is 0 Å². The minimum atomic E-state index is -3.73. The van der Waals surface area contributed by atoms with Crippen LogP contribution in [0.3, 0.4) is 0 Å². The summed E-state index contributed by atoms with van der Waals surface area (Å²) < 4.78 is 32.0. The summed E-state index contributed by atoms with van der Waals surface area (Å²) >= 11 is 5.89. The fourth-order valence-electron chi connectivity index (χ4n) is 2.88. The van der Waals surface area contributed by atoms with Crippen LogP contribution in [0, 0.1) is 13.8 Å². The molecule has 30 heavy (non-hydrogen) atoms. The summed E-state index contributed by atoms with van der Waals surface area (Å²) in [6.45, 7) is 7.07. The average Bonchev–Trinajstić information content (AvgIpc) is 2.69. The Kier molecular flexibility index (Phi) is 8.00. The van der Waals surface area contributed by atoms with Gasteiger partial charge in [-0.1, -0.05) is 31.5 Å². The van der Waals surface area contributed by atoms with Crippen molar-refractivity contribution in [3.8, 4) is 0 Å². The van der Waals surface area contributed by atoms with Gasteiger partial charge in [-0.05, 0) is 55.3 Å². The van der Waals surface area contributed by atoms with E-state index in [1.807, 2.05) is 0 Å². The van der Waals surface area contributed by atoms with Gasteiger partial charge < -0.3 is 10.1 Å². The number of carbonyl (C=O) groups is 2.